The molecule has 1 unspecified atom stereocenters. The molecule has 2 nitrogen and oxygen atoms in total. The summed E-state index contributed by atoms with van der Waals surface area (Å²) in [5.74, 6) is -0.0639. The second kappa shape index (κ2) is 10.6. The normalized spacial score (nSPS) is 11.6. The number of hydrogen-bond donors (Lipinski definition) is 0. The van der Waals surface area contributed by atoms with Gasteiger partial charge in [-0.05, 0) is 69.4 Å². The van der Waals surface area contributed by atoms with E-state index in [0.717, 1.165) is 39.8 Å². The van der Waals surface area contributed by atoms with Crippen molar-refractivity contribution in [3.05, 3.63) is 59.1 Å². The number of nitrogens with zero attached hydrogens (tertiary/aromatic N) is 2. The van der Waals surface area contributed by atoms with Crippen LogP contribution in [0.25, 0.3) is 0 Å². The first-order chi connectivity index (χ1) is 11.1. The summed E-state index contributed by atoms with van der Waals surface area (Å²) < 4.78 is 0. The van der Waals surface area contributed by atoms with E-state index in [4.69, 9.17) is 11.6 Å². The van der Waals surface area contributed by atoms with Gasteiger partial charge in [0, 0.05) is 14.8 Å². The van der Waals surface area contributed by atoms with Crippen molar-refractivity contribution in [2.75, 3.05) is 20.6 Å². The Hall–Kier alpha value is -1.18. The SMILES string of the molecule is CN(C)CCCC(C#N)c1ccccc1Sc1ccc(Cl)cc1.Cl. The van der Waals surface area contributed by atoms with Crippen LogP contribution in [0.5, 0.6) is 0 Å². The molecule has 0 N–H and O–H groups in total. The van der Waals surface area contributed by atoms with Crippen LogP contribution in [-0.4, -0.2) is 25.5 Å². The van der Waals surface area contributed by atoms with Crippen LogP contribution in [0.2, 0.25) is 5.02 Å². The molecular weight excluding hydrogens is 359 g/mol. The molecule has 0 fully saturated rings. The van der Waals surface area contributed by atoms with Crippen LogP contribution in [0.3, 0.4) is 0 Å². The van der Waals surface area contributed by atoms with E-state index in [9.17, 15) is 5.26 Å². The van der Waals surface area contributed by atoms with Gasteiger partial charge >= 0.3 is 0 Å². The number of benzene rings is 2. The summed E-state index contributed by atoms with van der Waals surface area (Å²) in [5, 5.41) is 10.3. The van der Waals surface area contributed by atoms with Crippen LogP contribution >= 0.6 is 35.8 Å². The molecule has 0 heterocycles. The first-order valence-electron chi connectivity index (χ1n) is 7.67. The van der Waals surface area contributed by atoms with Gasteiger partial charge in [-0.1, -0.05) is 41.6 Å². The summed E-state index contributed by atoms with van der Waals surface area (Å²) in [6, 6.07) is 18.5. The highest BCUT2D eigenvalue weighted by Gasteiger charge is 2.15. The van der Waals surface area contributed by atoms with Crippen molar-refractivity contribution in [3.63, 3.8) is 0 Å². The van der Waals surface area contributed by atoms with Crippen LogP contribution in [-0.2, 0) is 0 Å². The highest BCUT2D eigenvalue weighted by molar-refractivity contribution is 7.99. The summed E-state index contributed by atoms with van der Waals surface area (Å²) in [5.41, 5.74) is 1.12. The largest absolute Gasteiger partial charge is 0.309 e. The molecule has 24 heavy (non-hydrogen) atoms. The molecule has 0 aromatic heterocycles. The summed E-state index contributed by atoms with van der Waals surface area (Å²) >= 11 is 7.63. The first kappa shape index (κ1) is 20.9. The predicted molar refractivity (Wildman–Crippen MR) is 105 cm³/mol. The molecule has 0 aliphatic rings. The Bertz CT molecular complexity index is 666. The van der Waals surface area contributed by atoms with E-state index in [2.05, 4.69) is 37.2 Å². The zero-order chi connectivity index (χ0) is 16.7. The highest BCUT2D eigenvalue weighted by Crippen LogP contribution is 2.35. The van der Waals surface area contributed by atoms with Gasteiger partial charge in [-0.25, -0.2) is 0 Å². The molecule has 0 saturated heterocycles. The van der Waals surface area contributed by atoms with Gasteiger partial charge in [0.1, 0.15) is 0 Å². The third-order valence-electron chi connectivity index (χ3n) is 3.59. The standard InChI is InChI=1S/C19H21ClN2S.ClH/c1-22(2)13-5-6-15(14-21)18-7-3-4-8-19(18)23-17-11-9-16(20)10-12-17;/h3-4,7-12,15H,5-6,13H2,1-2H3;1H. The zero-order valence-electron chi connectivity index (χ0n) is 13.9. The summed E-state index contributed by atoms with van der Waals surface area (Å²) in [6.45, 7) is 1.00. The van der Waals surface area contributed by atoms with Gasteiger partial charge in [0.25, 0.3) is 0 Å². The van der Waals surface area contributed by atoms with Crippen LogP contribution in [0.1, 0.15) is 24.3 Å². The molecule has 2 aromatic rings. The van der Waals surface area contributed by atoms with Gasteiger partial charge in [-0.2, -0.15) is 5.26 Å². The minimum atomic E-state index is -0.0639. The van der Waals surface area contributed by atoms with Crippen molar-refractivity contribution in [1.82, 2.24) is 4.90 Å². The van der Waals surface area contributed by atoms with E-state index in [1.807, 2.05) is 36.4 Å². The van der Waals surface area contributed by atoms with Gasteiger partial charge in [-0.15, -0.1) is 12.4 Å². The van der Waals surface area contributed by atoms with Gasteiger partial charge in [-0.3, -0.25) is 0 Å². The van der Waals surface area contributed by atoms with Crippen LogP contribution < -0.4 is 0 Å². The molecule has 0 aliphatic heterocycles. The molecule has 0 spiro atoms. The Labute approximate surface area is 160 Å². The minimum absolute atomic E-state index is 0. The van der Waals surface area contributed by atoms with Crippen molar-refractivity contribution < 1.29 is 0 Å². The lowest BCUT2D eigenvalue weighted by Gasteiger charge is -2.15. The molecule has 1 atom stereocenters. The summed E-state index contributed by atoms with van der Waals surface area (Å²) in [4.78, 5) is 4.43. The van der Waals surface area contributed by atoms with Gasteiger partial charge in [0.15, 0.2) is 0 Å². The first-order valence-corrected chi connectivity index (χ1v) is 8.86. The Morgan fingerprint density at radius 1 is 1.12 bits per heavy atom. The van der Waals surface area contributed by atoms with Gasteiger partial charge in [0.05, 0.1) is 12.0 Å². The molecule has 5 heteroatoms. The molecule has 0 radical (unpaired) electrons. The Balaban J connectivity index is 0.00000288. The lowest BCUT2D eigenvalue weighted by Crippen LogP contribution is -2.13. The smallest absolute Gasteiger partial charge is 0.0724 e. The maximum absolute atomic E-state index is 9.58. The van der Waals surface area contributed by atoms with Crippen LogP contribution in [0.4, 0.5) is 0 Å². The van der Waals surface area contributed by atoms with Gasteiger partial charge < -0.3 is 4.90 Å². The van der Waals surface area contributed by atoms with E-state index in [1.54, 1.807) is 11.8 Å². The molecule has 0 saturated carbocycles. The van der Waals surface area contributed by atoms with E-state index in [1.165, 1.54) is 0 Å². The van der Waals surface area contributed by atoms with E-state index in [-0.39, 0.29) is 18.3 Å². The zero-order valence-corrected chi connectivity index (χ0v) is 16.3. The quantitative estimate of drug-likeness (QED) is 0.601. The van der Waals surface area contributed by atoms with Crippen molar-refractivity contribution in [2.45, 2.75) is 28.6 Å². The number of rotatable bonds is 7. The van der Waals surface area contributed by atoms with Crippen LogP contribution in [0, 0.1) is 11.3 Å². The number of hydrogen-bond acceptors (Lipinski definition) is 3. The molecule has 0 aliphatic carbocycles. The lowest BCUT2D eigenvalue weighted by atomic mass is 9.95. The predicted octanol–water partition coefficient (Wildman–Crippen LogP) is 5.86. The molecule has 2 aromatic carbocycles. The van der Waals surface area contributed by atoms with E-state index < -0.39 is 0 Å². The fraction of sp³-hybridized carbons (Fsp3) is 0.316. The molecule has 128 valence electrons. The fourth-order valence-electron chi connectivity index (χ4n) is 2.39. The summed E-state index contributed by atoms with van der Waals surface area (Å²) in [7, 11) is 4.12. The van der Waals surface area contributed by atoms with Crippen molar-refractivity contribution in [2.24, 2.45) is 0 Å². The molecule has 0 bridgehead atoms. The van der Waals surface area contributed by atoms with Crippen molar-refractivity contribution in [3.8, 4) is 6.07 Å². The second-order valence-electron chi connectivity index (χ2n) is 5.72. The monoisotopic (exact) mass is 380 g/mol. The highest BCUT2D eigenvalue weighted by atomic mass is 35.5. The third-order valence-corrected chi connectivity index (χ3v) is 4.94. The van der Waals surface area contributed by atoms with Crippen LogP contribution in [0.15, 0.2) is 58.3 Å². The van der Waals surface area contributed by atoms with Crippen molar-refractivity contribution in [1.29, 1.82) is 5.26 Å². The lowest BCUT2D eigenvalue weighted by molar-refractivity contribution is 0.391. The third kappa shape index (κ3) is 6.37. The summed E-state index contributed by atoms with van der Waals surface area (Å²) in [6.07, 6.45) is 1.90. The minimum Gasteiger partial charge on any atom is -0.309 e. The number of nitriles is 1. The molecule has 2 rings (SSSR count). The van der Waals surface area contributed by atoms with E-state index in [0.29, 0.717) is 0 Å². The fourth-order valence-corrected chi connectivity index (χ4v) is 3.52. The Kier molecular flexibility index (Phi) is 9.25. The molecular formula is C19H22Cl2N2S. The average molecular weight is 381 g/mol. The van der Waals surface area contributed by atoms with Gasteiger partial charge in [0.2, 0.25) is 0 Å². The maximum atomic E-state index is 9.58. The Morgan fingerprint density at radius 2 is 1.79 bits per heavy atom. The average Bonchev–Trinajstić information content (AvgIpc) is 2.54. The Morgan fingerprint density at radius 3 is 2.42 bits per heavy atom. The van der Waals surface area contributed by atoms with Crippen molar-refractivity contribution >= 4 is 35.8 Å². The maximum Gasteiger partial charge on any atom is 0.0724 e. The second-order valence-corrected chi connectivity index (χ2v) is 7.27. The molecule has 0 amide bonds. The van der Waals surface area contributed by atoms with E-state index >= 15 is 0 Å². The topological polar surface area (TPSA) is 27.0 Å². The number of halogens is 2.